The first kappa shape index (κ1) is 23.0. The topological polar surface area (TPSA) is 102 Å². The molecule has 7 nitrogen and oxygen atoms in total. The van der Waals surface area contributed by atoms with Crippen LogP contribution in [0.1, 0.15) is 38.8 Å². The Balaban J connectivity index is 1.85. The first-order chi connectivity index (χ1) is 15.2. The monoisotopic (exact) mass is 452 g/mol. The molecule has 1 amide bonds. The Morgan fingerprint density at radius 3 is 2.31 bits per heavy atom. The molecule has 0 bridgehead atoms. The van der Waals surface area contributed by atoms with Crippen LogP contribution in [-0.4, -0.2) is 26.9 Å². The maximum absolute atomic E-state index is 12.9. The van der Waals surface area contributed by atoms with Gasteiger partial charge in [0.25, 0.3) is 15.9 Å². The Hall–Kier alpha value is -3.65. The summed E-state index contributed by atoms with van der Waals surface area (Å²) >= 11 is 0. The van der Waals surface area contributed by atoms with E-state index in [1.54, 1.807) is 69.3 Å². The van der Waals surface area contributed by atoms with Gasteiger partial charge < -0.3 is 10.1 Å². The van der Waals surface area contributed by atoms with E-state index in [2.05, 4.69) is 10.0 Å². The number of hydrogen-bond donors (Lipinski definition) is 2. The summed E-state index contributed by atoms with van der Waals surface area (Å²) in [6.07, 6.45) is 0. The van der Waals surface area contributed by atoms with Crippen LogP contribution in [0, 0.1) is 13.8 Å². The highest BCUT2D eigenvalue weighted by molar-refractivity contribution is 7.92. The van der Waals surface area contributed by atoms with Crippen molar-refractivity contribution in [2.45, 2.75) is 25.7 Å². The van der Waals surface area contributed by atoms with Crippen molar-refractivity contribution in [2.24, 2.45) is 0 Å². The number of esters is 1. The Labute approximate surface area is 187 Å². The third-order valence-electron chi connectivity index (χ3n) is 4.87. The number of benzene rings is 3. The molecule has 32 heavy (non-hydrogen) atoms. The first-order valence-corrected chi connectivity index (χ1v) is 11.5. The minimum atomic E-state index is -3.80. The van der Waals surface area contributed by atoms with Crippen LogP contribution >= 0.6 is 0 Å². The van der Waals surface area contributed by atoms with E-state index in [4.69, 9.17) is 4.74 Å². The number of sulfonamides is 1. The Morgan fingerprint density at radius 2 is 1.62 bits per heavy atom. The SMILES string of the molecule is CCOC(=O)c1cccc(NC(=O)c2ccc(C)c(NS(=O)(=O)c3ccccc3)c2)c1C. The predicted molar refractivity (Wildman–Crippen MR) is 124 cm³/mol. The van der Waals surface area contributed by atoms with Gasteiger partial charge in [0, 0.05) is 11.3 Å². The average molecular weight is 453 g/mol. The van der Waals surface area contributed by atoms with Gasteiger partial charge in [-0.1, -0.05) is 30.3 Å². The molecule has 8 heteroatoms. The summed E-state index contributed by atoms with van der Waals surface area (Å²) in [7, 11) is -3.80. The highest BCUT2D eigenvalue weighted by Gasteiger charge is 2.18. The molecule has 0 aliphatic heterocycles. The van der Waals surface area contributed by atoms with Gasteiger partial charge in [-0.3, -0.25) is 9.52 Å². The molecule has 0 aliphatic carbocycles. The van der Waals surface area contributed by atoms with E-state index in [1.807, 2.05) is 0 Å². The lowest BCUT2D eigenvalue weighted by atomic mass is 10.1. The van der Waals surface area contributed by atoms with Crippen molar-refractivity contribution in [3.63, 3.8) is 0 Å². The second-order valence-electron chi connectivity index (χ2n) is 7.10. The summed E-state index contributed by atoms with van der Waals surface area (Å²) in [5, 5.41) is 2.78. The number of amides is 1. The third kappa shape index (κ3) is 5.15. The maximum atomic E-state index is 12.9. The summed E-state index contributed by atoms with van der Waals surface area (Å²) in [5.74, 6) is -0.900. The summed E-state index contributed by atoms with van der Waals surface area (Å²) in [5.41, 5.74) is 2.65. The van der Waals surface area contributed by atoms with Gasteiger partial charge in [0.2, 0.25) is 0 Å². The average Bonchev–Trinajstić information content (AvgIpc) is 2.77. The van der Waals surface area contributed by atoms with Crippen molar-refractivity contribution in [3.05, 3.63) is 89.0 Å². The van der Waals surface area contributed by atoms with Gasteiger partial charge in [0.15, 0.2) is 0 Å². The van der Waals surface area contributed by atoms with E-state index in [-0.39, 0.29) is 17.1 Å². The second kappa shape index (κ2) is 9.65. The van der Waals surface area contributed by atoms with Crippen molar-refractivity contribution in [2.75, 3.05) is 16.6 Å². The Morgan fingerprint density at radius 1 is 0.906 bits per heavy atom. The van der Waals surface area contributed by atoms with Crippen LogP contribution in [0.5, 0.6) is 0 Å². The molecular formula is C24H24N2O5S. The molecule has 0 spiro atoms. The lowest BCUT2D eigenvalue weighted by Gasteiger charge is -2.14. The third-order valence-corrected chi connectivity index (χ3v) is 6.26. The molecular weight excluding hydrogens is 428 g/mol. The maximum Gasteiger partial charge on any atom is 0.338 e. The van der Waals surface area contributed by atoms with Crippen molar-refractivity contribution in [1.82, 2.24) is 0 Å². The molecule has 3 aromatic rings. The van der Waals surface area contributed by atoms with E-state index >= 15 is 0 Å². The van der Waals surface area contributed by atoms with Crippen molar-refractivity contribution in [1.29, 1.82) is 0 Å². The van der Waals surface area contributed by atoms with Crippen LogP contribution in [0.4, 0.5) is 11.4 Å². The molecule has 0 aliphatic rings. The van der Waals surface area contributed by atoms with Crippen LogP contribution in [0.2, 0.25) is 0 Å². The number of carbonyl (C=O) groups excluding carboxylic acids is 2. The molecule has 3 aromatic carbocycles. The van der Waals surface area contributed by atoms with E-state index in [1.165, 1.54) is 18.2 Å². The second-order valence-corrected chi connectivity index (χ2v) is 8.78. The number of aryl methyl sites for hydroxylation is 1. The standard InChI is InChI=1S/C24H24N2O5S/c1-4-31-24(28)20-11-8-12-21(17(20)3)25-23(27)18-14-13-16(2)22(15-18)26-32(29,30)19-9-6-5-7-10-19/h5-15,26H,4H2,1-3H3,(H,25,27). The van der Waals surface area contributed by atoms with Gasteiger partial charge in [0.1, 0.15) is 0 Å². The Kier molecular flexibility index (Phi) is 6.95. The van der Waals surface area contributed by atoms with Gasteiger partial charge in [0.05, 0.1) is 22.8 Å². The van der Waals surface area contributed by atoms with Gasteiger partial charge in [-0.25, -0.2) is 13.2 Å². The fourth-order valence-electron chi connectivity index (χ4n) is 3.07. The van der Waals surface area contributed by atoms with Gasteiger partial charge in [-0.15, -0.1) is 0 Å². The molecule has 0 unspecified atom stereocenters. The van der Waals surface area contributed by atoms with Crippen LogP contribution in [0.3, 0.4) is 0 Å². The molecule has 3 rings (SSSR count). The summed E-state index contributed by atoms with van der Waals surface area (Å²) in [6.45, 7) is 5.44. The molecule has 0 heterocycles. The van der Waals surface area contributed by atoms with Crippen LogP contribution in [0.15, 0.2) is 71.6 Å². The highest BCUT2D eigenvalue weighted by atomic mass is 32.2. The zero-order chi connectivity index (χ0) is 23.3. The lowest BCUT2D eigenvalue weighted by molar-refractivity contribution is 0.0525. The summed E-state index contributed by atoms with van der Waals surface area (Å²) in [6, 6.07) is 17.7. The zero-order valence-corrected chi connectivity index (χ0v) is 18.8. The van der Waals surface area contributed by atoms with E-state index in [0.717, 1.165) is 0 Å². The summed E-state index contributed by atoms with van der Waals surface area (Å²) < 4.78 is 32.9. The molecule has 0 saturated heterocycles. The fourth-order valence-corrected chi connectivity index (χ4v) is 4.21. The normalized spacial score (nSPS) is 11.0. The number of hydrogen-bond acceptors (Lipinski definition) is 5. The lowest BCUT2D eigenvalue weighted by Crippen LogP contribution is -2.17. The van der Waals surface area contributed by atoms with Crippen molar-refractivity contribution in [3.8, 4) is 0 Å². The minimum Gasteiger partial charge on any atom is -0.462 e. The molecule has 0 aromatic heterocycles. The first-order valence-electron chi connectivity index (χ1n) is 9.99. The van der Waals surface area contributed by atoms with Crippen LogP contribution in [0.25, 0.3) is 0 Å². The molecule has 0 radical (unpaired) electrons. The number of anilines is 2. The van der Waals surface area contributed by atoms with Crippen LogP contribution in [-0.2, 0) is 14.8 Å². The molecule has 0 atom stereocenters. The number of nitrogens with one attached hydrogen (secondary N) is 2. The smallest absolute Gasteiger partial charge is 0.338 e. The number of carbonyl (C=O) groups is 2. The molecule has 2 N–H and O–H groups in total. The molecule has 0 saturated carbocycles. The van der Waals surface area contributed by atoms with E-state index < -0.39 is 21.9 Å². The van der Waals surface area contributed by atoms with E-state index in [0.29, 0.717) is 28.1 Å². The quantitative estimate of drug-likeness (QED) is 0.513. The van der Waals surface area contributed by atoms with E-state index in [9.17, 15) is 18.0 Å². The number of rotatable bonds is 7. The predicted octanol–water partition coefficient (Wildman–Crippen LogP) is 4.53. The van der Waals surface area contributed by atoms with Gasteiger partial charge in [-0.05, 0) is 68.3 Å². The molecule has 166 valence electrons. The van der Waals surface area contributed by atoms with Gasteiger partial charge in [-0.2, -0.15) is 0 Å². The highest BCUT2D eigenvalue weighted by Crippen LogP contribution is 2.24. The fraction of sp³-hybridized carbons (Fsp3) is 0.167. The van der Waals surface area contributed by atoms with Gasteiger partial charge >= 0.3 is 5.97 Å². The summed E-state index contributed by atoms with van der Waals surface area (Å²) in [4.78, 5) is 25.1. The zero-order valence-electron chi connectivity index (χ0n) is 18.0. The number of ether oxygens (including phenoxy) is 1. The largest absolute Gasteiger partial charge is 0.462 e. The Bertz CT molecular complexity index is 1250. The van der Waals surface area contributed by atoms with Crippen LogP contribution < -0.4 is 10.0 Å². The van der Waals surface area contributed by atoms with Crippen molar-refractivity contribution >= 4 is 33.3 Å². The van der Waals surface area contributed by atoms with Crippen molar-refractivity contribution < 1.29 is 22.7 Å². The molecule has 0 fully saturated rings. The minimum absolute atomic E-state index is 0.126.